The molecule has 4 nitrogen and oxygen atoms in total. The van der Waals surface area contributed by atoms with Crippen molar-refractivity contribution in [3.63, 3.8) is 0 Å². The Labute approximate surface area is 116 Å². The molecule has 0 aromatic carbocycles. The zero-order valence-corrected chi connectivity index (χ0v) is 12.6. The third-order valence-electron chi connectivity index (χ3n) is 4.18. The van der Waals surface area contributed by atoms with E-state index in [0.29, 0.717) is 17.9 Å². The molecule has 1 N–H and O–H groups in total. The molecular weight excluding hydrogens is 238 g/mol. The maximum Gasteiger partial charge on any atom is 0.321 e. The van der Waals surface area contributed by atoms with Crippen molar-refractivity contribution in [1.82, 2.24) is 10.1 Å². The highest BCUT2D eigenvalue weighted by atomic mass is 16.5. The monoisotopic (exact) mass is 265 g/mol. The minimum Gasteiger partial charge on any atom is -0.338 e. The van der Waals surface area contributed by atoms with Crippen molar-refractivity contribution in [2.75, 3.05) is 11.9 Å². The van der Waals surface area contributed by atoms with Gasteiger partial charge in [-0.1, -0.05) is 32.9 Å². The van der Waals surface area contributed by atoms with E-state index in [9.17, 15) is 0 Å². The van der Waals surface area contributed by atoms with Crippen molar-refractivity contribution < 1.29 is 4.52 Å². The van der Waals surface area contributed by atoms with Crippen molar-refractivity contribution in [2.45, 2.75) is 59.3 Å². The molecule has 19 heavy (non-hydrogen) atoms. The second kappa shape index (κ2) is 6.40. The van der Waals surface area contributed by atoms with Crippen molar-refractivity contribution in [3.05, 3.63) is 5.82 Å². The lowest BCUT2D eigenvalue weighted by atomic mass is 9.77. The van der Waals surface area contributed by atoms with Gasteiger partial charge in [-0.05, 0) is 43.4 Å². The molecule has 1 aliphatic carbocycles. The van der Waals surface area contributed by atoms with E-state index < -0.39 is 0 Å². The lowest BCUT2D eigenvalue weighted by Crippen LogP contribution is -2.18. The summed E-state index contributed by atoms with van der Waals surface area (Å²) in [5.41, 5.74) is 0. The Morgan fingerprint density at radius 1 is 1.16 bits per heavy atom. The van der Waals surface area contributed by atoms with E-state index in [1.807, 2.05) is 0 Å². The smallest absolute Gasteiger partial charge is 0.321 e. The van der Waals surface area contributed by atoms with Crippen LogP contribution in [0.15, 0.2) is 4.52 Å². The molecule has 0 unspecified atom stereocenters. The van der Waals surface area contributed by atoms with E-state index in [4.69, 9.17) is 4.52 Å². The summed E-state index contributed by atoms with van der Waals surface area (Å²) in [6.07, 6.45) is 5.00. The van der Waals surface area contributed by atoms with E-state index in [1.54, 1.807) is 0 Å². The standard InChI is InChI=1S/C15H27N3O/c1-10(2)9-16-15-17-14(18-19-15)13-7-5-12(6-8-13)11(3)4/h10-13H,5-9H2,1-4H3,(H,16,17,18). The van der Waals surface area contributed by atoms with Crippen LogP contribution in [-0.4, -0.2) is 16.7 Å². The second-order valence-electron chi connectivity index (χ2n) is 6.59. The molecule has 0 amide bonds. The van der Waals surface area contributed by atoms with Crippen molar-refractivity contribution in [1.29, 1.82) is 0 Å². The van der Waals surface area contributed by atoms with Crippen molar-refractivity contribution >= 4 is 6.01 Å². The highest BCUT2D eigenvalue weighted by molar-refractivity contribution is 5.19. The minimum atomic E-state index is 0.494. The van der Waals surface area contributed by atoms with Gasteiger partial charge in [-0.2, -0.15) is 4.98 Å². The third kappa shape index (κ3) is 3.95. The van der Waals surface area contributed by atoms with Gasteiger partial charge in [0.2, 0.25) is 0 Å². The van der Waals surface area contributed by atoms with Crippen LogP contribution in [0.4, 0.5) is 6.01 Å². The first kappa shape index (κ1) is 14.4. The lowest BCUT2D eigenvalue weighted by Gasteiger charge is -2.29. The molecule has 0 spiro atoms. The van der Waals surface area contributed by atoms with Crippen LogP contribution in [0.1, 0.15) is 65.1 Å². The summed E-state index contributed by atoms with van der Waals surface area (Å²) in [4.78, 5) is 4.49. The van der Waals surface area contributed by atoms with Crippen molar-refractivity contribution in [3.8, 4) is 0 Å². The Morgan fingerprint density at radius 2 is 1.84 bits per heavy atom. The lowest BCUT2D eigenvalue weighted by molar-refractivity contribution is 0.252. The van der Waals surface area contributed by atoms with Crippen LogP contribution in [0.25, 0.3) is 0 Å². The molecule has 1 heterocycles. The van der Waals surface area contributed by atoms with E-state index >= 15 is 0 Å². The average Bonchev–Trinajstić information content (AvgIpc) is 2.85. The molecule has 1 fully saturated rings. The highest BCUT2D eigenvalue weighted by Gasteiger charge is 2.27. The topological polar surface area (TPSA) is 51.0 Å². The van der Waals surface area contributed by atoms with Gasteiger partial charge < -0.3 is 9.84 Å². The van der Waals surface area contributed by atoms with Crippen LogP contribution in [0.5, 0.6) is 0 Å². The van der Waals surface area contributed by atoms with Gasteiger partial charge in [-0.25, -0.2) is 0 Å². The van der Waals surface area contributed by atoms with E-state index in [-0.39, 0.29) is 0 Å². The molecule has 1 aromatic rings. The van der Waals surface area contributed by atoms with Gasteiger partial charge in [0, 0.05) is 12.5 Å². The van der Waals surface area contributed by atoms with Crippen LogP contribution in [0.2, 0.25) is 0 Å². The first-order valence-corrected chi connectivity index (χ1v) is 7.63. The van der Waals surface area contributed by atoms with Crippen LogP contribution in [0, 0.1) is 17.8 Å². The summed E-state index contributed by atoms with van der Waals surface area (Å²) >= 11 is 0. The zero-order valence-electron chi connectivity index (χ0n) is 12.6. The van der Waals surface area contributed by atoms with Gasteiger partial charge in [0.25, 0.3) is 0 Å². The molecule has 0 bridgehead atoms. The van der Waals surface area contributed by atoms with Gasteiger partial charge in [-0.15, -0.1) is 0 Å². The molecule has 0 radical (unpaired) electrons. The summed E-state index contributed by atoms with van der Waals surface area (Å²) in [5.74, 6) is 3.65. The number of aromatic nitrogens is 2. The fourth-order valence-corrected chi connectivity index (χ4v) is 2.81. The van der Waals surface area contributed by atoms with E-state index in [2.05, 4.69) is 43.2 Å². The molecule has 108 valence electrons. The molecule has 2 rings (SSSR count). The first-order chi connectivity index (χ1) is 9.06. The van der Waals surface area contributed by atoms with Gasteiger partial charge in [0.1, 0.15) is 0 Å². The zero-order chi connectivity index (χ0) is 13.8. The van der Waals surface area contributed by atoms with Crippen LogP contribution < -0.4 is 5.32 Å². The summed E-state index contributed by atoms with van der Waals surface area (Å²) in [6.45, 7) is 9.86. The number of nitrogens with one attached hydrogen (secondary N) is 1. The molecule has 0 aliphatic heterocycles. The van der Waals surface area contributed by atoms with Crippen LogP contribution in [0.3, 0.4) is 0 Å². The molecule has 1 aliphatic rings. The second-order valence-corrected chi connectivity index (χ2v) is 6.59. The van der Waals surface area contributed by atoms with Gasteiger partial charge in [0.05, 0.1) is 0 Å². The first-order valence-electron chi connectivity index (χ1n) is 7.63. The summed E-state index contributed by atoms with van der Waals surface area (Å²) < 4.78 is 5.27. The maximum absolute atomic E-state index is 5.27. The van der Waals surface area contributed by atoms with Gasteiger partial charge in [-0.3, -0.25) is 0 Å². The van der Waals surface area contributed by atoms with Gasteiger partial charge >= 0.3 is 6.01 Å². The molecule has 1 aromatic heterocycles. The Morgan fingerprint density at radius 3 is 2.42 bits per heavy atom. The summed E-state index contributed by atoms with van der Waals surface area (Å²) in [5, 5.41) is 7.33. The summed E-state index contributed by atoms with van der Waals surface area (Å²) in [7, 11) is 0. The van der Waals surface area contributed by atoms with E-state index in [0.717, 1.165) is 24.2 Å². The summed E-state index contributed by atoms with van der Waals surface area (Å²) in [6, 6.07) is 0.578. The highest BCUT2D eigenvalue weighted by Crippen LogP contribution is 2.37. The van der Waals surface area contributed by atoms with Crippen LogP contribution >= 0.6 is 0 Å². The Kier molecular flexibility index (Phi) is 4.83. The third-order valence-corrected chi connectivity index (χ3v) is 4.18. The average molecular weight is 265 g/mol. The SMILES string of the molecule is CC(C)CNc1nc(C2CCC(C(C)C)CC2)no1. The van der Waals surface area contributed by atoms with Gasteiger partial charge in [0.15, 0.2) is 5.82 Å². The molecular formula is C15H27N3O. The number of hydrogen-bond acceptors (Lipinski definition) is 4. The number of nitrogens with zero attached hydrogens (tertiary/aromatic N) is 2. The Balaban J connectivity index is 1.86. The van der Waals surface area contributed by atoms with Crippen molar-refractivity contribution in [2.24, 2.45) is 17.8 Å². The predicted octanol–water partition coefficient (Wildman–Crippen LogP) is 4.07. The quantitative estimate of drug-likeness (QED) is 0.872. The molecule has 0 atom stereocenters. The Hall–Kier alpha value is -1.06. The maximum atomic E-state index is 5.27. The number of rotatable bonds is 5. The van der Waals surface area contributed by atoms with Crippen LogP contribution in [-0.2, 0) is 0 Å². The largest absolute Gasteiger partial charge is 0.338 e. The number of anilines is 1. The normalized spacial score (nSPS) is 24.1. The molecule has 0 saturated heterocycles. The fraction of sp³-hybridized carbons (Fsp3) is 0.867. The Bertz CT molecular complexity index is 378. The molecule has 4 heteroatoms. The minimum absolute atomic E-state index is 0.494. The molecule has 1 saturated carbocycles. The predicted molar refractivity (Wildman–Crippen MR) is 77.2 cm³/mol. The number of hydrogen-bond donors (Lipinski definition) is 1. The fourth-order valence-electron chi connectivity index (χ4n) is 2.81. The van der Waals surface area contributed by atoms with E-state index in [1.165, 1.54) is 25.7 Å².